The summed E-state index contributed by atoms with van der Waals surface area (Å²) in [6.45, 7) is 7.99. The van der Waals surface area contributed by atoms with Gasteiger partial charge in [0.05, 0.1) is 6.61 Å². The van der Waals surface area contributed by atoms with E-state index in [0.717, 1.165) is 31.7 Å². The maximum atomic E-state index is 12.9. The van der Waals surface area contributed by atoms with E-state index in [2.05, 4.69) is 23.7 Å². The largest absolute Gasteiger partial charge is 0.493 e. The third-order valence-electron chi connectivity index (χ3n) is 4.95. The van der Waals surface area contributed by atoms with Gasteiger partial charge in [0.2, 0.25) is 12.6 Å². The minimum absolute atomic E-state index is 0.216. The summed E-state index contributed by atoms with van der Waals surface area (Å²) in [6, 6.07) is 0. The summed E-state index contributed by atoms with van der Waals surface area (Å²) in [5.74, 6) is 2.33. The number of fused-ring (bicyclic) bond motifs is 1. The third-order valence-corrected chi connectivity index (χ3v) is 4.95. The number of hydrogen-bond acceptors (Lipinski definition) is 4. The van der Waals surface area contributed by atoms with E-state index >= 15 is 0 Å². The van der Waals surface area contributed by atoms with Crippen molar-refractivity contribution in [2.24, 2.45) is 11.8 Å². The van der Waals surface area contributed by atoms with Gasteiger partial charge in [-0.15, -0.1) is 0 Å². The molecule has 4 nitrogen and oxygen atoms in total. The van der Waals surface area contributed by atoms with E-state index in [0.29, 0.717) is 30.0 Å². The van der Waals surface area contributed by atoms with Gasteiger partial charge in [-0.3, -0.25) is 0 Å². The Bertz CT molecular complexity index is 754. The van der Waals surface area contributed by atoms with E-state index in [4.69, 9.17) is 14.2 Å². The molecule has 27 heavy (non-hydrogen) atoms. The average molecular weight is 371 g/mol. The van der Waals surface area contributed by atoms with Gasteiger partial charge in [-0.1, -0.05) is 30.0 Å². The van der Waals surface area contributed by atoms with Crippen LogP contribution in [-0.4, -0.2) is 26.5 Å². The van der Waals surface area contributed by atoms with Crippen molar-refractivity contribution >= 4 is 0 Å². The molecule has 3 aliphatic rings. The molecule has 144 valence electrons. The minimum atomic E-state index is -0.414. The minimum Gasteiger partial charge on any atom is -0.493 e. The highest BCUT2D eigenvalue weighted by atomic mass is 19.1. The molecule has 0 saturated carbocycles. The van der Waals surface area contributed by atoms with Gasteiger partial charge >= 0.3 is 0 Å². The fourth-order valence-electron chi connectivity index (χ4n) is 3.57. The van der Waals surface area contributed by atoms with Gasteiger partial charge in [-0.25, -0.2) is 4.39 Å². The van der Waals surface area contributed by atoms with Crippen molar-refractivity contribution in [3.63, 3.8) is 0 Å². The van der Waals surface area contributed by atoms with Crippen LogP contribution in [0.1, 0.15) is 19.8 Å². The number of hydrogen-bond donors (Lipinski definition) is 1. The predicted molar refractivity (Wildman–Crippen MR) is 103 cm³/mol. The summed E-state index contributed by atoms with van der Waals surface area (Å²) in [6.07, 6.45) is 12.7. The fraction of sp³-hybridized carbons (Fsp3) is 0.409. The molecule has 0 amide bonds. The number of piperidine rings is 1. The molecule has 0 spiro atoms. The highest BCUT2D eigenvalue weighted by molar-refractivity contribution is 5.34. The second-order valence-corrected chi connectivity index (χ2v) is 6.71. The molecule has 0 aromatic carbocycles. The fourth-order valence-corrected chi connectivity index (χ4v) is 3.57. The molecule has 2 fully saturated rings. The zero-order chi connectivity index (χ0) is 19.1. The van der Waals surface area contributed by atoms with Crippen LogP contribution in [0.25, 0.3) is 0 Å². The monoisotopic (exact) mass is 371 g/mol. The maximum absolute atomic E-state index is 12.9. The van der Waals surface area contributed by atoms with E-state index < -0.39 is 5.83 Å². The van der Waals surface area contributed by atoms with Gasteiger partial charge in [0, 0.05) is 18.5 Å². The zero-order valence-electron chi connectivity index (χ0n) is 15.7. The molecule has 5 heteroatoms. The molecule has 1 unspecified atom stereocenters. The number of nitrogens with one attached hydrogen (secondary N) is 1. The molecular weight excluding hydrogens is 345 g/mol. The SMILES string of the molecule is C=C(F)C=CC/C(=C\C)C1CCNC[C@H]1COC1=CC=C=C2OCOC2=C1. The first-order valence-corrected chi connectivity index (χ1v) is 9.31. The van der Waals surface area contributed by atoms with Crippen molar-refractivity contribution in [3.8, 4) is 0 Å². The standard InChI is InChI=1S/C22H26FNO3/c1-3-17(7-4-6-16(2)23)20-10-11-24-13-18(20)14-25-19-8-5-9-21-22(12-19)27-15-26-21/h3-6,8,12,18,20,24H,2,7,10-11,13-15H2,1H3/b6-4?,17-3+/t18-,20?/m0/s1. The lowest BCUT2D eigenvalue weighted by molar-refractivity contribution is 0.0964. The Balaban J connectivity index is 1.62. The average Bonchev–Trinajstić information content (AvgIpc) is 3.01. The Hall–Kier alpha value is -2.49. The third kappa shape index (κ3) is 5.25. The van der Waals surface area contributed by atoms with E-state index in [1.165, 1.54) is 11.6 Å². The molecule has 2 aliphatic heterocycles. The van der Waals surface area contributed by atoms with Crippen molar-refractivity contribution in [3.05, 3.63) is 77.4 Å². The van der Waals surface area contributed by atoms with Crippen LogP contribution in [0, 0.1) is 11.8 Å². The first-order chi connectivity index (χ1) is 13.2. The smallest absolute Gasteiger partial charge is 0.232 e. The van der Waals surface area contributed by atoms with Crippen molar-refractivity contribution in [1.82, 2.24) is 5.32 Å². The summed E-state index contributed by atoms with van der Waals surface area (Å²) < 4.78 is 29.7. The second-order valence-electron chi connectivity index (χ2n) is 6.71. The highest BCUT2D eigenvalue weighted by Crippen LogP contribution is 2.31. The summed E-state index contributed by atoms with van der Waals surface area (Å²) >= 11 is 0. The molecule has 0 radical (unpaired) electrons. The van der Waals surface area contributed by atoms with Crippen LogP contribution in [0.5, 0.6) is 0 Å². The Labute approximate surface area is 160 Å². The van der Waals surface area contributed by atoms with Crippen LogP contribution in [0.4, 0.5) is 4.39 Å². The first-order valence-electron chi connectivity index (χ1n) is 9.31. The lowest BCUT2D eigenvalue weighted by Gasteiger charge is -2.34. The van der Waals surface area contributed by atoms with Gasteiger partial charge in [0.1, 0.15) is 11.6 Å². The summed E-state index contributed by atoms with van der Waals surface area (Å²) in [7, 11) is 0. The van der Waals surface area contributed by atoms with Crippen molar-refractivity contribution in [2.75, 3.05) is 26.5 Å². The Morgan fingerprint density at radius 2 is 2.37 bits per heavy atom. The first kappa shape index (κ1) is 19.3. The van der Waals surface area contributed by atoms with E-state index in [1.807, 2.05) is 25.2 Å². The Kier molecular flexibility index (Phi) is 6.74. The van der Waals surface area contributed by atoms with Crippen LogP contribution < -0.4 is 5.32 Å². The molecular formula is C22H26FNO3. The van der Waals surface area contributed by atoms with Gasteiger partial charge in [-0.2, -0.15) is 0 Å². The van der Waals surface area contributed by atoms with Gasteiger partial charge in [0.25, 0.3) is 0 Å². The van der Waals surface area contributed by atoms with Crippen LogP contribution >= 0.6 is 0 Å². The summed E-state index contributed by atoms with van der Waals surface area (Å²) in [5, 5.41) is 3.45. The van der Waals surface area contributed by atoms with Crippen LogP contribution in [0.3, 0.4) is 0 Å². The van der Waals surface area contributed by atoms with Crippen molar-refractivity contribution < 1.29 is 18.6 Å². The Morgan fingerprint density at radius 1 is 1.48 bits per heavy atom. The van der Waals surface area contributed by atoms with Crippen molar-refractivity contribution in [2.45, 2.75) is 19.8 Å². The van der Waals surface area contributed by atoms with Gasteiger partial charge in [-0.05, 0) is 50.5 Å². The molecule has 1 aliphatic carbocycles. The number of rotatable bonds is 7. The molecule has 0 aromatic heterocycles. The highest BCUT2D eigenvalue weighted by Gasteiger charge is 2.28. The molecule has 1 N–H and O–H groups in total. The molecule has 2 heterocycles. The normalized spacial score (nSPS) is 25.0. The lowest BCUT2D eigenvalue weighted by Crippen LogP contribution is -2.39. The zero-order valence-corrected chi connectivity index (χ0v) is 15.7. The topological polar surface area (TPSA) is 39.7 Å². The summed E-state index contributed by atoms with van der Waals surface area (Å²) in [5.41, 5.74) is 4.35. The van der Waals surface area contributed by atoms with Gasteiger partial charge in [0.15, 0.2) is 5.76 Å². The van der Waals surface area contributed by atoms with Crippen LogP contribution in [-0.2, 0) is 14.2 Å². The summed E-state index contributed by atoms with van der Waals surface area (Å²) in [4.78, 5) is 0. The second kappa shape index (κ2) is 9.45. The molecule has 0 aromatic rings. The van der Waals surface area contributed by atoms with Crippen molar-refractivity contribution in [1.29, 1.82) is 0 Å². The number of allylic oxidation sites excluding steroid dienone is 7. The van der Waals surface area contributed by atoms with E-state index in [1.54, 1.807) is 6.08 Å². The molecule has 2 saturated heterocycles. The predicted octanol–water partition coefficient (Wildman–Crippen LogP) is 4.43. The quantitative estimate of drug-likeness (QED) is 0.408. The molecule has 3 rings (SSSR count). The lowest BCUT2D eigenvalue weighted by atomic mass is 9.80. The number of halogens is 1. The van der Waals surface area contributed by atoms with Crippen LogP contribution in [0.2, 0.25) is 0 Å². The maximum Gasteiger partial charge on any atom is 0.232 e. The molecule has 0 bridgehead atoms. The van der Waals surface area contributed by atoms with E-state index in [-0.39, 0.29) is 6.79 Å². The number of ether oxygens (including phenoxy) is 3. The van der Waals surface area contributed by atoms with Crippen LogP contribution in [0.15, 0.2) is 77.4 Å². The molecule has 2 atom stereocenters. The van der Waals surface area contributed by atoms with E-state index in [9.17, 15) is 4.39 Å². The Morgan fingerprint density at radius 3 is 3.19 bits per heavy atom. The van der Waals surface area contributed by atoms with Gasteiger partial charge < -0.3 is 19.5 Å².